The number of pyridine rings is 1. The Morgan fingerprint density at radius 2 is 1.95 bits per heavy atom. The van der Waals surface area contributed by atoms with Gasteiger partial charge in [0.25, 0.3) is 0 Å². The number of carbonyl (C=O) groups is 2. The van der Waals surface area contributed by atoms with Gasteiger partial charge < -0.3 is 13.9 Å². The van der Waals surface area contributed by atoms with Crippen LogP contribution in [0.4, 0.5) is 0 Å². The summed E-state index contributed by atoms with van der Waals surface area (Å²) in [6.45, 7) is 3.98. The number of ether oxygens (including phenoxy) is 2. The van der Waals surface area contributed by atoms with Crippen molar-refractivity contribution in [3.05, 3.63) is 34.2 Å². The van der Waals surface area contributed by atoms with Crippen LogP contribution in [0.25, 0.3) is 5.65 Å². The van der Waals surface area contributed by atoms with Crippen molar-refractivity contribution in [2.45, 2.75) is 20.3 Å². The lowest BCUT2D eigenvalue weighted by Crippen LogP contribution is -2.14. The molecule has 0 atom stereocenters. The minimum Gasteiger partial charge on any atom is -0.466 e. The van der Waals surface area contributed by atoms with Crippen molar-refractivity contribution >= 4 is 33.5 Å². The van der Waals surface area contributed by atoms with E-state index >= 15 is 0 Å². The highest BCUT2D eigenvalue weighted by molar-refractivity contribution is 9.10. The van der Waals surface area contributed by atoms with Crippen molar-refractivity contribution in [2.24, 2.45) is 0 Å². The van der Waals surface area contributed by atoms with Crippen LogP contribution in [0.5, 0.6) is 0 Å². The van der Waals surface area contributed by atoms with Crippen molar-refractivity contribution in [3.63, 3.8) is 0 Å². The van der Waals surface area contributed by atoms with Gasteiger partial charge in [-0.25, -0.2) is 9.78 Å². The van der Waals surface area contributed by atoms with E-state index in [1.54, 1.807) is 30.5 Å². The fourth-order valence-corrected chi connectivity index (χ4v) is 2.28. The number of nitrogens with zero attached hydrogens (tertiary/aromatic N) is 2. The molecule has 21 heavy (non-hydrogen) atoms. The molecule has 2 aromatic heterocycles. The number of imidazole rings is 1. The number of fused-ring (bicyclic) bond motifs is 1. The predicted molar refractivity (Wildman–Crippen MR) is 79.2 cm³/mol. The molecule has 0 aliphatic rings. The molecule has 2 heterocycles. The Morgan fingerprint density at radius 3 is 2.62 bits per heavy atom. The molecule has 0 radical (unpaired) electrons. The Hall–Kier alpha value is -1.89. The fraction of sp³-hybridized carbons (Fsp3) is 0.357. The van der Waals surface area contributed by atoms with Gasteiger partial charge in [-0.1, -0.05) is 0 Å². The molecule has 0 saturated carbocycles. The molecule has 0 bridgehead atoms. The molecular formula is C14H15BrN2O4. The van der Waals surface area contributed by atoms with Crippen LogP contribution in [-0.4, -0.2) is 34.5 Å². The maximum absolute atomic E-state index is 12.0. The zero-order valence-electron chi connectivity index (χ0n) is 11.8. The monoisotopic (exact) mass is 354 g/mol. The van der Waals surface area contributed by atoms with Gasteiger partial charge in [0.2, 0.25) is 0 Å². The van der Waals surface area contributed by atoms with Crippen LogP contribution in [0.3, 0.4) is 0 Å². The molecule has 2 rings (SSSR count). The summed E-state index contributed by atoms with van der Waals surface area (Å²) in [4.78, 5) is 28.0. The topological polar surface area (TPSA) is 69.9 Å². The molecule has 7 heteroatoms. The Morgan fingerprint density at radius 1 is 1.24 bits per heavy atom. The van der Waals surface area contributed by atoms with Crippen LogP contribution in [0, 0.1) is 0 Å². The zero-order chi connectivity index (χ0) is 15.4. The van der Waals surface area contributed by atoms with Gasteiger partial charge >= 0.3 is 11.9 Å². The average molecular weight is 355 g/mol. The molecule has 0 N–H and O–H groups in total. The maximum Gasteiger partial charge on any atom is 0.358 e. The summed E-state index contributed by atoms with van der Waals surface area (Å²) < 4.78 is 12.4. The summed E-state index contributed by atoms with van der Waals surface area (Å²) in [6.07, 6.45) is 1.71. The molecule has 0 amide bonds. The third-order valence-electron chi connectivity index (χ3n) is 2.77. The lowest BCUT2D eigenvalue weighted by molar-refractivity contribution is -0.142. The van der Waals surface area contributed by atoms with E-state index in [-0.39, 0.29) is 25.3 Å². The highest BCUT2D eigenvalue weighted by Gasteiger charge is 2.22. The molecule has 0 aliphatic heterocycles. The lowest BCUT2D eigenvalue weighted by atomic mass is 10.2. The fourth-order valence-electron chi connectivity index (χ4n) is 1.95. The average Bonchev–Trinajstić information content (AvgIpc) is 2.78. The van der Waals surface area contributed by atoms with Crippen LogP contribution in [0.15, 0.2) is 22.8 Å². The summed E-state index contributed by atoms with van der Waals surface area (Å²) in [5.74, 6) is -0.957. The highest BCUT2D eigenvalue weighted by atomic mass is 79.9. The van der Waals surface area contributed by atoms with E-state index in [4.69, 9.17) is 9.47 Å². The molecule has 112 valence electrons. The van der Waals surface area contributed by atoms with Gasteiger partial charge in [0.15, 0.2) is 5.69 Å². The molecule has 0 aromatic carbocycles. The zero-order valence-corrected chi connectivity index (χ0v) is 13.3. The molecule has 0 spiro atoms. The number of halogens is 1. The van der Waals surface area contributed by atoms with E-state index < -0.39 is 11.9 Å². The van der Waals surface area contributed by atoms with Gasteiger partial charge in [-0.2, -0.15) is 0 Å². The normalized spacial score (nSPS) is 10.6. The van der Waals surface area contributed by atoms with Gasteiger partial charge in [0, 0.05) is 10.7 Å². The van der Waals surface area contributed by atoms with Crippen LogP contribution in [0.2, 0.25) is 0 Å². The quantitative estimate of drug-likeness (QED) is 0.771. The van der Waals surface area contributed by atoms with Gasteiger partial charge in [-0.3, -0.25) is 4.79 Å². The second kappa shape index (κ2) is 6.71. The second-order valence-corrected chi connectivity index (χ2v) is 5.10. The van der Waals surface area contributed by atoms with E-state index in [0.29, 0.717) is 11.3 Å². The third-order valence-corrected chi connectivity index (χ3v) is 3.24. The first-order valence-corrected chi connectivity index (χ1v) is 7.35. The number of rotatable bonds is 5. The Bertz CT molecular complexity index is 681. The molecule has 2 aromatic rings. The Kier molecular flexibility index (Phi) is 4.95. The van der Waals surface area contributed by atoms with Gasteiger partial charge in [0.05, 0.1) is 25.3 Å². The largest absolute Gasteiger partial charge is 0.466 e. The van der Waals surface area contributed by atoms with E-state index in [1.165, 1.54) is 0 Å². The molecule has 0 saturated heterocycles. The summed E-state index contributed by atoms with van der Waals surface area (Å²) in [5, 5.41) is 0. The van der Waals surface area contributed by atoms with Crippen molar-refractivity contribution < 1.29 is 19.1 Å². The molecular weight excluding hydrogens is 340 g/mol. The maximum atomic E-state index is 12.0. The number of hydrogen-bond acceptors (Lipinski definition) is 5. The highest BCUT2D eigenvalue weighted by Crippen LogP contribution is 2.19. The number of aromatic nitrogens is 2. The van der Waals surface area contributed by atoms with Crippen LogP contribution in [-0.2, 0) is 20.7 Å². The molecule has 0 unspecified atom stereocenters. The SMILES string of the molecule is CCOC(=O)Cc1c(C(=O)OCC)nc2ccc(Br)cn12. The summed E-state index contributed by atoms with van der Waals surface area (Å²) in [6, 6.07) is 3.56. The number of esters is 2. The van der Waals surface area contributed by atoms with E-state index in [1.807, 2.05) is 6.07 Å². The standard InChI is InChI=1S/C14H15BrN2O4/c1-3-20-12(18)7-10-13(14(19)21-4-2)16-11-6-5-9(15)8-17(10)11/h5-6,8H,3-4,7H2,1-2H3. The molecule has 0 fully saturated rings. The summed E-state index contributed by atoms with van der Waals surface area (Å²) >= 11 is 3.36. The first-order valence-electron chi connectivity index (χ1n) is 6.56. The van der Waals surface area contributed by atoms with Crippen molar-refractivity contribution in [1.29, 1.82) is 0 Å². The smallest absolute Gasteiger partial charge is 0.358 e. The summed E-state index contributed by atoms with van der Waals surface area (Å²) in [5.41, 5.74) is 1.17. The summed E-state index contributed by atoms with van der Waals surface area (Å²) in [7, 11) is 0. The first kappa shape index (κ1) is 15.5. The van der Waals surface area contributed by atoms with Crippen molar-refractivity contribution in [3.8, 4) is 0 Å². The van der Waals surface area contributed by atoms with Crippen molar-refractivity contribution in [1.82, 2.24) is 9.38 Å². The molecule has 6 nitrogen and oxygen atoms in total. The predicted octanol–water partition coefficient (Wildman–Crippen LogP) is 2.38. The van der Waals surface area contributed by atoms with Gasteiger partial charge in [0.1, 0.15) is 5.65 Å². The van der Waals surface area contributed by atoms with Crippen LogP contribution < -0.4 is 0 Å². The number of hydrogen-bond donors (Lipinski definition) is 0. The van der Waals surface area contributed by atoms with E-state index in [2.05, 4.69) is 20.9 Å². The Labute approximate surface area is 130 Å². The number of carbonyl (C=O) groups excluding carboxylic acids is 2. The van der Waals surface area contributed by atoms with Crippen molar-refractivity contribution in [2.75, 3.05) is 13.2 Å². The van der Waals surface area contributed by atoms with Crippen LogP contribution in [0.1, 0.15) is 30.0 Å². The first-order chi connectivity index (χ1) is 10.1. The van der Waals surface area contributed by atoms with E-state index in [9.17, 15) is 9.59 Å². The molecule has 0 aliphatic carbocycles. The van der Waals surface area contributed by atoms with Gasteiger partial charge in [-0.05, 0) is 41.9 Å². The lowest BCUT2D eigenvalue weighted by Gasteiger charge is -2.05. The minimum atomic E-state index is -0.545. The van der Waals surface area contributed by atoms with E-state index in [0.717, 1.165) is 4.47 Å². The van der Waals surface area contributed by atoms with Gasteiger partial charge in [-0.15, -0.1) is 0 Å². The van der Waals surface area contributed by atoms with Crippen LogP contribution >= 0.6 is 15.9 Å². The second-order valence-electron chi connectivity index (χ2n) is 4.18. The third kappa shape index (κ3) is 3.41. The minimum absolute atomic E-state index is 0.0421. The Balaban J connectivity index is 2.50.